The maximum absolute atomic E-state index is 11.5. The van der Waals surface area contributed by atoms with Crippen LogP contribution in [0.5, 0.6) is 0 Å². The minimum atomic E-state index is -0.410. The quantitative estimate of drug-likeness (QED) is 0.298. The summed E-state index contributed by atoms with van der Waals surface area (Å²) in [5, 5.41) is 1.29. The Hall–Kier alpha value is -2.56. The molecule has 4 nitrogen and oxygen atoms in total. The topological polar surface area (TPSA) is 52.6 Å². The van der Waals surface area contributed by atoms with Gasteiger partial charge in [-0.2, -0.15) is 0 Å². The molecule has 0 saturated heterocycles. The number of methoxy groups -OCH3 is 2. The van der Waals surface area contributed by atoms with Gasteiger partial charge in [-0.25, -0.2) is 4.79 Å². The molecule has 0 aliphatic rings. The van der Waals surface area contributed by atoms with Crippen molar-refractivity contribution in [2.75, 3.05) is 14.2 Å². The second-order valence-electron chi connectivity index (χ2n) is 6.73. The summed E-state index contributed by atoms with van der Waals surface area (Å²) in [6, 6.07) is 14.2. The molecule has 0 saturated carbocycles. The zero-order chi connectivity index (χ0) is 22.8. The van der Waals surface area contributed by atoms with E-state index >= 15 is 0 Å². The molecule has 0 radical (unpaired) electrons. The Morgan fingerprint density at radius 1 is 0.833 bits per heavy atom. The van der Waals surface area contributed by atoms with Crippen molar-refractivity contribution >= 4 is 40.7 Å². The number of allylic oxidation sites excluding steroid dienone is 1. The van der Waals surface area contributed by atoms with Crippen molar-refractivity contribution in [2.45, 2.75) is 26.7 Å². The molecule has 0 amide bonds. The molecule has 0 N–H and O–H groups in total. The Labute approximate surface area is 188 Å². The standard InChI is InChI=1S/2C12H13ClO2/c2*1-8(2)11(12(14)15-3)9-4-6-10(13)7-5-9/h4-7H,1-3H3;4-7,11H,1H2,2-3H3. The molecule has 30 heavy (non-hydrogen) atoms. The van der Waals surface area contributed by atoms with Crippen LogP contribution in [-0.2, 0) is 19.1 Å². The predicted octanol–water partition coefficient (Wildman–Crippen LogP) is 6.48. The van der Waals surface area contributed by atoms with Crippen LogP contribution < -0.4 is 0 Å². The van der Waals surface area contributed by atoms with Gasteiger partial charge in [-0.3, -0.25) is 4.79 Å². The summed E-state index contributed by atoms with van der Waals surface area (Å²) >= 11 is 11.5. The normalized spacial score (nSPS) is 10.8. The van der Waals surface area contributed by atoms with E-state index < -0.39 is 5.92 Å². The SMILES string of the molecule is C=C(C)C(C(=O)OC)c1ccc(Cl)cc1.COC(=O)C(=C(C)C)c1ccc(Cl)cc1. The van der Waals surface area contributed by atoms with E-state index in [0.29, 0.717) is 15.6 Å². The first-order chi connectivity index (χ1) is 14.1. The number of carbonyl (C=O) groups is 2. The van der Waals surface area contributed by atoms with Crippen molar-refractivity contribution in [1.82, 2.24) is 0 Å². The highest BCUT2D eigenvalue weighted by molar-refractivity contribution is 6.31. The number of rotatable bonds is 5. The average molecular weight is 449 g/mol. The fourth-order valence-corrected chi connectivity index (χ4v) is 2.98. The van der Waals surface area contributed by atoms with E-state index in [1.807, 2.05) is 26.0 Å². The zero-order valence-corrected chi connectivity index (χ0v) is 19.3. The van der Waals surface area contributed by atoms with Crippen molar-refractivity contribution in [2.24, 2.45) is 0 Å². The highest BCUT2D eigenvalue weighted by atomic mass is 35.5. The lowest BCUT2D eigenvalue weighted by atomic mass is 9.93. The molecule has 2 rings (SSSR count). The molecule has 0 bridgehead atoms. The second-order valence-corrected chi connectivity index (χ2v) is 7.60. The van der Waals surface area contributed by atoms with Gasteiger partial charge in [0.15, 0.2) is 0 Å². The van der Waals surface area contributed by atoms with Gasteiger partial charge in [0.1, 0.15) is 5.92 Å². The third-order valence-corrected chi connectivity index (χ3v) is 4.66. The molecule has 160 valence electrons. The highest BCUT2D eigenvalue weighted by Gasteiger charge is 2.21. The van der Waals surface area contributed by atoms with Crippen molar-refractivity contribution in [3.63, 3.8) is 0 Å². The lowest BCUT2D eigenvalue weighted by Gasteiger charge is -2.14. The average Bonchev–Trinajstić information content (AvgIpc) is 2.71. The fraction of sp³-hybridized carbons (Fsp3) is 0.250. The van der Waals surface area contributed by atoms with E-state index in [0.717, 1.165) is 22.3 Å². The predicted molar refractivity (Wildman–Crippen MR) is 123 cm³/mol. The van der Waals surface area contributed by atoms with Crippen LogP contribution in [0.3, 0.4) is 0 Å². The lowest BCUT2D eigenvalue weighted by molar-refractivity contribution is -0.141. The fourth-order valence-electron chi connectivity index (χ4n) is 2.72. The Balaban J connectivity index is 0.000000300. The molecule has 0 aliphatic carbocycles. The van der Waals surface area contributed by atoms with Crippen molar-refractivity contribution in [3.8, 4) is 0 Å². The van der Waals surface area contributed by atoms with Crippen molar-refractivity contribution in [1.29, 1.82) is 0 Å². The molecule has 6 heteroatoms. The molecular weight excluding hydrogens is 423 g/mol. The second kappa shape index (κ2) is 12.2. The van der Waals surface area contributed by atoms with Gasteiger partial charge >= 0.3 is 11.9 Å². The molecular formula is C24H26Cl2O4. The minimum Gasteiger partial charge on any atom is -0.468 e. The third kappa shape index (κ3) is 7.36. The van der Waals surface area contributed by atoms with E-state index in [4.69, 9.17) is 32.7 Å². The van der Waals surface area contributed by atoms with Crippen LogP contribution in [0.15, 0.2) is 66.3 Å². The molecule has 0 heterocycles. The molecule has 0 aromatic heterocycles. The van der Waals surface area contributed by atoms with Crippen LogP contribution >= 0.6 is 23.2 Å². The van der Waals surface area contributed by atoms with Gasteiger partial charge in [0, 0.05) is 10.0 Å². The highest BCUT2D eigenvalue weighted by Crippen LogP contribution is 2.25. The zero-order valence-electron chi connectivity index (χ0n) is 17.8. The Kier molecular flexibility index (Phi) is 10.4. The van der Waals surface area contributed by atoms with E-state index in [2.05, 4.69) is 6.58 Å². The van der Waals surface area contributed by atoms with Gasteiger partial charge in [0.25, 0.3) is 0 Å². The van der Waals surface area contributed by atoms with E-state index in [1.165, 1.54) is 14.2 Å². The molecule has 1 atom stereocenters. The van der Waals surface area contributed by atoms with Crippen LogP contribution in [0.2, 0.25) is 10.0 Å². The summed E-state index contributed by atoms with van der Waals surface area (Å²) < 4.78 is 9.45. The Bertz CT molecular complexity index is 909. The lowest BCUT2D eigenvalue weighted by Crippen LogP contribution is -2.14. The van der Waals surface area contributed by atoms with E-state index in [9.17, 15) is 9.59 Å². The van der Waals surface area contributed by atoms with Gasteiger partial charge in [-0.1, -0.05) is 65.2 Å². The molecule has 1 unspecified atom stereocenters. The van der Waals surface area contributed by atoms with E-state index in [1.54, 1.807) is 43.3 Å². The maximum Gasteiger partial charge on any atom is 0.338 e. The maximum atomic E-state index is 11.5. The number of carbonyl (C=O) groups excluding carboxylic acids is 2. The van der Waals surface area contributed by atoms with Gasteiger partial charge in [0.2, 0.25) is 0 Å². The number of esters is 2. The van der Waals surface area contributed by atoms with E-state index in [-0.39, 0.29) is 11.9 Å². The van der Waals surface area contributed by atoms with Gasteiger partial charge in [-0.15, -0.1) is 0 Å². The van der Waals surface area contributed by atoms with Crippen LogP contribution in [0.4, 0.5) is 0 Å². The van der Waals surface area contributed by atoms with Gasteiger partial charge in [0.05, 0.1) is 19.8 Å². The molecule has 2 aromatic rings. The Morgan fingerprint density at radius 3 is 1.67 bits per heavy atom. The summed E-state index contributed by atoms with van der Waals surface area (Å²) in [5.74, 6) is -1.03. The number of ether oxygens (including phenoxy) is 2. The number of hydrogen-bond donors (Lipinski definition) is 0. The van der Waals surface area contributed by atoms with Crippen LogP contribution in [0, 0.1) is 0 Å². The summed E-state index contributed by atoms with van der Waals surface area (Å²) in [5.41, 5.74) is 3.94. The van der Waals surface area contributed by atoms with Crippen molar-refractivity contribution in [3.05, 3.63) is 87.4 Å². The van der Waals surface area contributed by atoms with Crippen LogP contribution in [0.1, 0.15) is 37.8 Å². The minimum absolute atomic E-state index is 0.301. The molecule has 0 fully saturated rings. The first kappa shape index (κ1) is 25.5. The van der Waals surface area contributed by atoms with Crippen LogP contribution in [-0.4, -0.2) is 26.2 Å². The number of hydrogen-bond acceptors (Lipinski definition) is 4. The van der Waals surface area contributed by atoms with Crippen molar-refractivity contribution < 1.29 is 19.1 Å². The summed E-state index contributed by atoms with van der Waals surface area (Å²) in [6.45, 7) is 9.34. The first-order valence-electron chi connectivity index (χ1n) is 9.12. The number of halogens is 2. The first-order valence-corrected chi connectivity index (χ1v) is 9.88. The van der Waals surface area contributed by atoms with Gasteiger partial charge in [-0.05, 0) is 56.2 Å². The summed E-state index contributed by atoms with van der Waals surface area (Å²) in [6.07, 6.45) is 0. The van der Waals surface area contributed by atoms with Gasteiger partial charge < -0.3 is 9.47 Å². The third-order valence-electron chi connectivity index (χ3n) is 4.16. The summed E-state index contributed by atoms with van der Waals surface area (Å²) in [7, 11) is 2.75. The summed E-state index contributed by atoms with van der Waals surface area (Å²) in [4.78, 5) is 23.0. The molecule has 0 spiro atoms. The van der Waals surface area contributed by atoms with Crippen LogP contribution in [0.25, 0.3) is 5.57 Å². The Morgan fingerprint density at radius 2 is 1.30 bits per heavy atom. The molecule has 0 aliphatic heterocycles. The smallest absolute Gasteiger partial charge is 0.338 e. The number of benzene rings is 2. The monoisotopic (exact) mass is 448 g/mol. The molecule has 2 aromatic carbocycles. The largest absolute Gasteiger partial charge is 0.468 e.